The molecule has 0 atom stereocenters. The van der Waals surface area contributed by atoms with Gasteiger partial charge in [0, 0.05) is 0 Å². The highest BCUT2D eigenvalue weighted by atomic mass is 16.1. The SMILES string of the molecule is O=CNc1ncncn1. The molecule has 1 heterocycles. The minimum absolute atomic E-state index is 0.264. The van der Waals surface area contributed by atoms with Gasteiger partial charge < -0.3 is 0 Å². The number of amides is 1. The molecular formula is C4H4N4O. The van der Waals surface area contributed by atoms with E-state index in [1.165, 1.54) is 12.7 Å². The fourth-order valence-corrected chi connectivity index (χ4v) is 0.366. The molecule has 0 bridgehead atoms. The van der Waals surface area contributed by atoms with Crippen LogP contribution < -0.4 is 5.32 Å². The van der Waals surface area contributed by atoms with Crippen LogP contribution in [0, 0.1) is 0 Å². The number of anilines is 1. The third-order valence-electron chi connectivity index (χ3n) is 0.681. The second-order valence-electron chi connectivity index (χ2n) is 1.22. The van der Waals surface area contributed by atoms with Gasteiger partial charge in [-0.1, -0.05) is 0 Å². The first-order valence-electron chi connectivity index (χ1n) is 2.25. The Morgan fingerprint density at radius 3 is 2.67 bits per heavy atom. The van der Waals surface area contributed by atoms with Gasteiger partial charge in [-0.25, -0.2) is 15.0 Å². The summed E-state index contributed by atoms with van der Waals surface area (Å²) in [4.78, 5) is 20.5. The van der Waals surface area contributed by atoms with Crippen molar-refractivity contribution in [1.82, 2.24) is 15.0 Å². The lowest BCUT2D eigenvalue weighted by molar-refractivity contribution is -0.105. The van der Waals surface area contributed by atoms with Crippen molar-refractivity contribution in [3.63, 3.8) is 0 Å². The summed E-state index contributed by atoms with van der Waals surface area (Å²) in [5.41, 5.74) is 0. The molecule has 9 heavy (non-hydrogen) atoms. The summed E-state index contributed by atoms with van der Waals surface area (Å²) in [5.74, 6) is 0.264. The molecule has 1 aromatic rings. The Bertz CT molecular complexity index is 187. The Labute approximate surface area is 51.2 Å². The Morgan fingerprint density at radius 1 is 1.44 bits per heavy atom. The van der Waals surface area contributed by atoms with Crippen molar-refractivity contribution >= 4 is 12.4 Å². The van der Waals surface area contributed by atoms with Crippen LogP contribution in [0.1, 0.15) is 0 Å². The van der Waals surface area contributed by atoms with Crippen molar-refractivity contribution in [2.45, 2.75) is 0 Å². The normalized spacial score (nSPS) is 8.44. The number of nitrogens with one attached hydrogen (secondary N) is 1. The van der Waals surface area contributed by atoms with Crippen LogP contribution in [0.3, 0.4) is 0 Å². The second-order valence-corrected chi connectivity index (χ2v) is 1.22. The first-order chi connectivity index (χ1) is 4.43. The highest BCUT2D eigenvalue weighted by Gasteiger charge is 1.86. The molecule has 1 aromatic heterocycles. The Morgan fingerprint density at radius 2 is 2.11 bits per heavy atom. The maximum absolute atomic E-state index is 9.76. The molecule has 0 saturated carbocycles. The fourth-order valence-electron chi connectivity index (χ4n) is 0.366. The van der Waals surface area contributed by atoms with E-state index in [2.05, 4.69) is 20.3 Å². The van der Waals surface area contributed by atoms with Crippen molar-refractivity contribution < 1.29 is 4.79 Å². The quantitative estimate of drug-likeness (QED) is 0.536. The van der Waals surface area contributed by atoms with Crippen LogP contribution in [0.25, 0.3) is 0 Å². The van der Waals surface area contributed by atoms with E-state index < -0.39 is 0 Å². The van der Waals surface area contributed by atoms with E-state index in [0.717, 1.165) is 0 Å². The molecule has 1 rings (SSSR count). The first kappa shape index (κ1) is 5.61. The highest BCUT2D eigenvalue weighted by molar-refractivity contribution is 5.66. The van der Waals surface area contributed by atoms with Crippen LogP contribution in [0.2, 0.25) is 0 Å². The molecule has 5 heteroatoms. The summed E-state index contributed by atoms with van der Waals surface area (Å²) in [7, 11) is 0. The number of carbonyl (C=O) groups is 1. The Kier molecular flexibility index (Phi) is 1.69. The van der Waals surface area contributed by atoms with Crippen LogP contribution in [-0.2, 0) is 4.79 Å². The molecule has 5 nitrogen and oxygen atoms in total. The summed E-state index contributed by atoms with van der Waals surface area (Å²) in [5, 5.41) is 2.26. The summed E-state index contributed by atoms with van der Waals surface area (Å²) >= 11 is 0. The molecule has 0 aliphatic carbocycles. The lowest BCUT2D eigenvalue weighted by atomic mass is 10.9. The van der Waals surface area contributed by atoms with Gasteiger partial charge in [-0.05, 0) is 0 Å². The predicted molar refractivity (Wildman–Crippen MR) is 29.5 cm³/mol. The third kappa shape index (κ3) is 1.45. The van der Waals surface area contributed by atoms with Crippen LogP contribution in [0.15, 0.2) is 12.7 Å². The largest absolute Gasteiger partial charge is 0.297 e. The topological polar surface area (TPSA) is 67.8 Å². The Hall–Kier alpha value is -1.52. The number of hydrogen-bond acceptors (Lipinski definition) is 4. The van der Waals surface area contributed by atoms with Crippen molar-refractivity contribution in [3.05, 3.63) is 12.7 Å². The summed E-state index contributed by atoms with van der Waals surface area (Å²) in [6.07, 6.45) is 3.12. The van der Waals surface area contributed by atoms with E-state index in [9.17, 15) is 4.79 Å². The summed E-state index contributed by atoms with van der Waals surface area (Å²) < 4.78 is 0. The Balaban J connectivity index is 2.72. The number of carbonyl (C=O) groups excluding carboxylic acids is 1. The molecular weight excluding hydrogens is 120 g/mol. The molecule has 0 aliphatic rings. The minimum atomic E-state index is 0.264. The van der Waals surface area contributed by atoms with E-state index in [0.29, 0.717) is 6.41 Å². The maximum Gasteiger partial charge on any atom is 0.232 e. The number of rotatable bonds is 2. The molecule has 0 unspecified atom stereocenters. The van der Waals surface area contributed by atoms with Crippen LogP contribution in [-0.4, -0.2) is 21.4 Å². The molecule has 46 valence electrons. The average molecular weight is 124 g/mol. The molecule has 0 radical (unpaired) electrons. The minimum Gasteiger partial charge on any atom is -0.297 e. The molecule has 1 N–H and O–H groups in total. The van der Waals surface area contributed by atoms with Gasteiger partial charge in [0.1, 0.15) is 12.7 Å². The lowest BCUT2D eigenvalue weighted by Gasteiger charge is -1.89. The smallest absolute Gasteiger partial charge is 0.232 e. The molecule has 0 aliphatic heterocycles. The van der Waals surface area contributed by atoms with Crippen molar-refractivity contribution in [1.29, 1.82) is 0 Å². The van der Waals surface area contributed by atoms with E-state index >= 15 is 0 Å². The van der Waals surface area contributed by atoms with Gasteiger partial charge in [0.25, 0.3) is 0 Å². The van der Waals surface area contributed by atoms with Crippen molar-refractivity contribution in [2.75, 3.05) is 5.32 Å². The highest BCUT2D eigenvalue weighted by Crippen LogP contribution is 1.86. The van der Waals surface area contributed by atoms with Gasteiger partial charge in [0.05, 0.1) is 0 Å². The standard InChI is InChI=1S/C4H4N4O/c9-3-8-4-6-1-5-2-7-4/h1-3H,(H,5,6,7,8,9). The van der Waals surface area contributed by atoms with Gasteiger partial charge >= 0.3 is 0 Å². The van der Waals surface area contributed by atoms with Gasteiger partial charge in [0.2, 0.25) is 12.4 Å². The monoisotopic (exact) mass is 124 g/mol. The summed E-state index contributed by atoms with van der Waals surface area (Å²) in [6.45, 7) is 0. The molecule has 0 saturated heterocycles. The number of aromatic nitrogens is 3. The number of nitrogens with zero attached hydrogens (tertiary/aromatic N) is 3. The zero-order valence-corrected chi connectivity index (χ0v) is 4.48. The zero-order valence-electron chi connectivity index (χ0n) is 4.48. The first-order valence-corrected chi connectivity index (χ1v) is 2.25. The molecule has 0 fully saturated rings. The van der Waals surface area contributed by atoms with E-state index in [1.54, 1.807) is 0 Å². The van der Waals surface area contributed by atoms with Gasteiger partial charge in [-0.2, -0.15) is 0 Å². The van der Waals surface area contributed by atoms with Gasteiger partial charge in [-0.3, -0.25) is 10.1 Å². The maximum atomic E-state index is 9.76. The van der Waals surface area contributed by atoms with Crippen LogP contribution in [0.4, 0.5) is 5.95 Å². The van der Waals surface area contributed by atoms with Crippen molar-refractivity contribution in [2.24, 2.45) is 0 Å². The van der Waals surface area contributed by atoms with E-state index in [1.807, 2.05) is 0 Å². The average Bonchev–Trinajstić information content (AvgIpc) is 1.91. The van der Waals surface area contributed by atoms with Crippen LogP contribution in [0.5, 0.6) is 0 Å². The summed E-state index contributed by atoms with van der Waals surface area (Å²) in [6, 6.07) is 0. The third-order valence-corrected chi connectivity index (χ3v) is 0.681. The fraction of sp³-hybridized carbons (Fsp3) is 0. The van der Waals surface area contributed by atoms with Gasteiger partial charge in [0.15, 0.2) is 0 Å². The zero-order chi connectivity index (χ0) is 6.53. The molecule has 0 aromatic carbocycles. The van der Waals surface area contributed by atoms with Crippen LogP contribution >= 0.6 is 0 Å². The van der Waals surface area contributed by atoms with Gasteiger partial charge in [-0.15, -0.1) is 0 Å². The predicted octanol–water partition coefficient (Wildman–Crippen LogP) is -0.560. The lowest BCUT2D eigenvalue weighted by Crippen LogP contribution is -1.98. The number of hydrogen-bond donors (Lipinski definition) is 1. The van der Waals surface area contributed by atoms with Crippen molar-refractivity contribution in [3.8, 4) is 0 Å². The molecule has 0 spiro atoms. The van der Waals surface area contributed by atoms with E-state index in [4.69, 9.17) is 0 Å². The van der Waals surface area contributed by atoms with E-state index in [-0.39, 0.29) is 5.95 Å². The second kappa shape index (κ2) is 2.71. The molecule has 1 amide bonds.